The minimum absolute atomic E-state index is 0.730. The maximum absolute atomic E-state index is 12.9. The normalized spacial score (nSPS) is 17.3. The predicted molar refractivity (Wildman–Crippen MR) is 71.2 cm³/mol. The molecule has 2 unspecified atom stereocenters. The van der Waals surface area contributed by atoms with Gasteiger partial charge in [0.15, 0.2) is 6.04 Å². The Morgan fingerprint density at radius 1 is 1.47 bits per heavy atom. The number of ether oxygens (including phenoxy) is 1. The van der Waals surface area contributed by atoms with Crippen LogP contribution in [0.4, 0.5) is 13.2 Å². The summed E-state index contributed by atoms with van der Waals surface area (Å²) in [5.41, 5.74) is -3.59. The monoisotopic (exact) mass is 365 g/mol. The number of aliphatic hydroxyl groups is 1. The van der Waals surface area contributed by atoms with Gasteiger partial charge in [-0.05, 0) is 20.8 Å². The molecule has 0 saturated heterocycles. The predicted octanol–water partition coefficient (Wildman–Crippen LogP) is 1.93. The first kappa shape index (κ1) is 18.6. The van der Waals surface area contributed by atoms with Crippen molar-refractivity contribution < 1.29 is 27.8 Å². The second kappa shape index (κ2) is 6.36. The smallest absolute Gasteiger partial charge is 0.420 e. The third kappa shape index (κ3) is 4.88. The fourth-order valence-electron chi connectivity index (χ4n) is 1.15. The lowest BCUT2D eigenvalue weighted by atomic mass is 9.95. The maximum atomic E-state index is 12.9. The van der Waals surface area contributed by atoms with E-state index in [0.717, 1.165) is 5.49 Å². The zero-order valence-electron chi connectivity index (χ0n) is 10.5. The van der Waals surface area contributed by atoms with Crippen molar-refractivity contribution in [2.45, 2.75) is 44.2 Å². The van der Waals surface area contributed by atoms with E-state index in [9.17, 15) is 23.1 Å². The van der Waals surface area contributed by atoms with Crippen LogP contribution in [0, 0.1) is 0 Å². The van der Waals surface area contributed by atoms with Gasteiger partial charge in [-0.1, -0.05) is 28.1 Å². The number of hydrogen-bond donors (Lipinski definition) is 2. The van der Waals surface area contributed by atoms with E-state index < -0.39 is 34.7 Å². The van der Waals surface area contributed by atoms with Crippen LogP contribution < -0.4 is 5.32 Å². The molecule has 0 saturated carbocycles. The topological polar surface area (TPSA) is 58.6 Å². The summed E-state index contributed by atoms with van der Waals surface area (Å²) in [4.78, 5) is 11.8. The fraction of sp³-hybridized carbons (Fsp3) is 0.800. The number of nitrogens with one attached hydrogen (secondary N) is 1. The fourth-order valence-corrected chi connectivity index (χ4v) is 1.92. The molecule has 0 rings (SSSR count). The molecule has 0 aliphatic carbocycles. The molecule has 19 heavy (non-hydrogen) atoms. The second-order valence-corrected chi connectivity index (χ2v) is 5.60. The van der Waals surface area contributed by atoms with Crippen molar-refractivity contribution in [2.75, 3.05) is 5.33 Å². The van der Waals surface area contributed by atoms with Crippen molar-refractivity contribution in [1.29, 1.82) is 0 Å². The van der Waals surface area contributed by atoms with Gasteiger partial charge in [0.1, 0.15) is 5.60 Å². The van der Waals surface area contributed by atoms with Gasteiger partial charge in [0.2, 0.25) is 5.60 Å². The molecule has 0 aromatic carbocycles. The molecular weight excluding hydrogens is 351 g/mol. The van der Waals surface area contributed by atoms with Crippen molar-refractivity contribution >= 4 is 39.6 Å². The van der Waals surface area contributed by atoms with E-state index in [1.165, 1.54) is 20.8 Å². The average Bonchev–Trinajstić information content (AvgIpc) is 2.20. The van der Waals surface area contributed by atoms with E-state index in [0.29, 0.717) is 0 Å². The van der Waals surface area contributed by atoms with Crippen LogP contribution in [0.5, 0.6) is 0 Å². The molecule has 0 aliphatic rings. The molecule has 0 amide bonds. The van der Waals surface area contributed by atoms with Gasteiger partial charge in [0, 0.05) is 5.33 Å². The number of halogens is 4. The number of carbonyl (C=O) groups is 1. The van der Waals surface area contributed by atoms with E-state index in [4.69, 9.17) is 4.74 Å². The number of carbonyl (C=O) groups excluding carboxylic acids is 1. The minimum atomic E-state index is -5.04. The van der Waals surface area contributed by atoms with Crippen molar-refractivity contribution in [3.8, 4) is 0 Å². The highest BCUT2D eigenvalue weighted by Gasteiger charge is 2.61. The number of rotatable bonds is 5. The average molecular weight is 366 g/mol. The summed E-state index contributed by atoms with van der Waals surface area (Å²) < 4.78 is 43.5. The third-order valence-corrected chi connectivity index (χ3v) is 3.04. The molecular formula is C10H15BrF3NO3S. The van der Waals surface area contributed by atoms with Gasteiger partial charge in [-0.2, -0.15) is 13.2 Å². The van der Waals surface area contributed by atoms with Crippen LogP contribution in [0.3, 0.4) is 0 Å². The Morgan fingerprint density at radius 3 is 2.21 bits per heavy atom. The van der Waals surface area contributed by atoms with Gasteiger partial charge >= 0.3 is 12.1 Å². The van der Waals surface area contributed by atoms with Gasteiger partial charge in [0.25, 0.3) is 0 Å². The summed E-state index contributed by atoms with van der Waals surface area (Å²) in [7, 11) is 0. The molecule has 0 heterocycles. The van der Waals surface area contributed by atoms with Gasteiger partial charge < -0.3 is 15.2 Å². The Kier molecular flexibility index (Phi) is 6.22. The molecule has 0 fully saturated rings. The minimum Gasteiger partial charge on any atom is -0.458 e. The van der Waals surface area contributed by atoms with Crippen LogP contribution in [0.1, 0.15) is 20.8 Å². The number of hydrogen-bond acceptors (Lipinski definition) is 4. The Morgan fingerprint density at radius 2 is 1.95 bits per heavy atom. The van der Waals surface area contributed by atoms with Gasteiger partial charge in [-0.25, -0.2) is 4.79 Å². The molecule has 4 nitrogen and oxygen atoms in total. The zero-order valence-corrected chi connectivity index (χ0v) is 12.9. The first-order chi connectivity index (χ1) is 8.39. The van der Waals surface area contributed by atoms with Gasteiger partial charge in [-0.3, -0.25) is 0 Å². The van der Waals surface area contributed by atoms with Crippen molar-refractivity contribution in [3.63, 3.8) is 0 Å². The van der Waals surface area contributed by atoms with Crippen LogP contribution in [0.15, 0.2) is 0 Å². The summed E-state index contributed by atoms with van der Waals surface area (Å²) >= 11 is 6.95. The molecule has 112 valence electrons. The highest BCUT2D eigenvalue weighted by molar-refractivity contribution is 9.09. The van der Waals surface area contributed by atoms with Crippen LogP contribution >= 0.6 is 28.1 Å². The summed E-state index contributed by atoms with van der Waals surface area (Å²) in [6.07, 6.45) is -5.04. The van der Waals surface area contributed by atoms with E-state index in [-0.39, 0.29) is 0 Å². The van der Waals surface area contributed by atoms with Gasteiger partial charge in [0.05, 0.1) is 5.49 Å². The van der Waals surface area contributed by atoms with E-state index in [1.807, 2.05) is 5.32 Å². The largest absolute Gasteiger partial charge is 0.458 e. The highest BCUT2D eigenvalue weighted by Crippen LogP contribution is 2.35. The molecule has 2 N–H and O–H groups in total. The summed E-state index contributed by atoms with van der Waals surface area (Å²) in [6, 6.07) is -2.05. The number of alkyl halides is 4. The van der Waals surface area contributed by atoms with Crippen LogP contribution in [-0.2, 0) is 9.53 Å². The van der Waals surface area contributed by atoms with Crippen molar-refractivity contribution in [2.24, 2.45) is 0 Å². The first-order valence-electron chi connectivity index (χ1n) is 5.16. The quantitative estimate of drug-likeness (QED) is 0.443. The van der Waals surface area contributed by atoms with E-state index >= 15 is 0 Å². The molecule has 9 heteroatoms. The molecule has 0 radical (unpaired) electrons. The van der Waals surface area contributed by atoms with Crippen LogP contribution in [-0.4, -0.2) is 45.3 Å². The standard InChI is InChI=1S/C10H15BrF3NO3S/c1-8(2,3)18-7(16)6(15-5-19)9(17,4-11)10(12,13)14/h5-6,17H,4H2,1-3H3,(H,15,19). The molecule has 0 aromatic rings. The molecule has 0 aliphatic heterocycles. The second-order valence-electron chi connectivity index (χ2n) is 4.81. The summed E-state index contributed by atoms with van der Waals surface area (Å²) in [5, 5.41) is 10.8. The lowest BCUT2D eigenvalue weighted by Gasteiger charge is -2.36. The molecule has 0 bridgehead atoms. The van der Waals surface area contributed by atoms with Crippen LogP contribution in [0.2, 0.25) is 0 Å². The Balaban J connectivity index is 5.40. The molecule has 0 spiro atoms. The Labute approximate surface area is 122 Å². The summed E-state index contributed by atoms with van der Waals surface area (Å²) in [5.74, 6) is -1.24. The van der Waals surface area contributed by atoms with Crippen molar-refractivity contribution in [3.05, 3.63) is 0 Å². The number of thiocarbonyl (C=S) groups is 1. The molecule has 0 aromatic heterocycles. The zero-order chi connectivity index (χ0) is 15.5. The maximum Gasteiger partial charge on any atom is 0.420 e. The van der Waals surface area contributed by atoms with E-state index in [1.54, 1.807) is 0 Å². The van der Waals surface area contributed by atoms with Crippen LogP contribution in [0.25, 0.3) is 0 Å². The Bertz CT molecular complexity index is 346. The summed E-state index contributed by atoms with van der Waals surface area (Å²) in [6.45, 7) is 4.50. The first-order valence-corrected chi connectivity index (χ1v) is 6.76. The lowest BCUT2D eigenvalue weighted by molar-refractivity contribution is -0.261. The Hall–Kier alpha value is -0.410. The lowest BCUT2D eigenvalue weighted by Crippen LogP contribution is -2.64. The van der Waals surface area contributed by atoms with Crippen molar-refractivity contribution in [1.82, 2.24) is 5.32 Å². The molecule has 2 atom stereocenters. The SMILES string of the molecule is CC(C)(C)OC(=O)C(NC=S)C(O)(CBr)C(F)(F)F. The third-order valence-electron chi connectivity index (χ3n) is 2.05. The highest BCUT2D eigenvalue weighted by atomic mass is 79.9. The van der Waals surface area contributed by atoms with E-state index in [2.05, 4.69) is 28.1 Å². The number of esters is 1. The van der Waals surface area contributed by atoms with Gasteiger partial charge in [-0.15, -0.1) is 0 Å².